The van der Waals surface area contributed by atoms with Crippen LogP contribution in [0.2, 0.25) is 0 Å². The summed E-state index contributed by atoms with van der Waals surface area (Å²) in [7, 11) is -9.10. The van der Waals surface area contributed by atoms with Crippen molar-refractivity contribution in [3.63, 3.8) is 0 Å². The smallest absolute Gasteiger partial charge is 0.346 e. The normalized spacial score (nSPS) is 16.8. The van der Waals surface area contributed by atoms with E-state index in [0.717, 1.165) is 112 Å². The number of phenols is 1. The Morgan fingerprint density at radius 2 is 0.594 bits per heavy atom. The fraction of sp³-hybridized carbons (Fsp3) is 0.250. The summed E-state index contributed by atoms with van der Waals surface area (Å²) in [4.78, 5) is 33.3. The van der Waals surface area contributed by atoms with Crippen molar-refractivity contribution < 1.29 is 65.7 Å². The molecule has 0 aliphatic carbocycles. The average molecular weight is 1430 g/mol. The maximum atomic E-state index is 13.3. The molecule has 0 aromatic heterocycles. The molecule has 0 radical (unpaired) electrons. The summed E-state index contributed by atoms with van der Waals surface area (Å²) < 4.78 is 99.8. The van der Waals surface area contributed by atoms with Crippen molar-refractivity contribution in [2.24, 2.45) is 0 Å². The molecule has 101 heavy (non-hydrogen) atoms. The van der Waals surface area contributed by atoms with Crippen LogP contribution in [0.4, 0.5) is 21.5 Å². The van der Waals surface area contributed by atoms with Gasteiger partial charge in [0.25, 0.3) is 0 Å². The highest BCUT2D eigenvalue weighted by Gasteiger charge is 2.52. The molecule has 3 atom stereocenters. The van der Waals surface area contributed by atoms with Gasteiger partial charge in [0.2, 0.25) is 17.2 Å². The quantitative estimate of drug-likeness (QED) is 0.0217. The molecular formula is C72H71FN9O16P3. The lowest BCUT2D eigenvalue weighted by Crippen LogP contribution is -2.10. The van der Waals surface area contributed by atoms with Crippen LogP contribution in [0.3, 0.4) is 0 Å². The van der Waals surface area contributed by atoms with E-state index in [1.807, 2.05) is 82.6 Å². The second-order valence-corrected chi connectivity index (χ2v) is 31.7. The van der Waals surface area contributed by atoms with E-state index in [0.29, 0.717) is 33.9 Å². The van der Waals surface area contributed by atoms with E-state index < -0.39 is 56.1 Å². The third-order valence-corrected chi connectivity index (χ3v) is 25.7. The largest absolute Gasteiger partial charge is 0.508 e. The van der Waals surface area contributed by atoms with Crippen LogP contribution < -0.4 is 14.2 Å². The number of aromatic hydroxyl groups is 1. The predicted molar refractivity (Wildman–Crippen MR) is 378 cm³/mol. The first-order valence-corrected chi connectivity index (χ1v) is 37.4. The third-order valence-electron chi connectivity index (χ3n) is 17.3. The Kier molecular flexibility index (Phi) is 20.6. The van der Waals surface area contributed by atoms with Gasteiger partial charge < -0.3 is 19.3 Å². The van der Waals surface area contributed by atoms with Gasteiger partial charge in [0.15, 0.2) is 0 Å². The van der Waals surface area contributed by atoms with Crippen LogP contribution in [0.1, 0.15) is 55.8 Å². The zero-order chi connectivity index (χ0) is 70.7. The van der Waals surface area contributed by atoms with E-state index in [1.165, 1.54) is 30.3 Å². The molecule has 6 aliphatic rings. The second kappa shape index (κ2) is 29.7. The number of halogens is 1. The maximum absolute atomic E-state index is 13.3. The van der Waals surface area contributed by atoms with E-state index in [-0.39, 0.29) is 45.9 Å². The lowest BCUT2D eigenvalue weighted by atomic mass is 10.1. The zero-order valence-corrected chi connectivity index (χ0v) is 57.8. The molecule has 25 nitrogen and oxygen atoms in total. The van der Waals surface area contributed by atoms with Crippen molar-refractivity contribution in [2.45, 2.75) is 39.1 Å². The van der Waals surface area contributed by atoms with Crippen LogP contribution in [0.25, 0.3) is 33.4 Å². The number of nitro benzene ring substituents is 3. The van der Waals surface area contributed by atoms with Crippen LogP contribution in [0.15, 0.2) is 206 Å². The van der Waals surface area contributed by atoms with E-state index >= 15 is 0 Å². The first-order chi connectivity index (χ1) is 48.6. The predicted octanol–water partition coefficient (Wildman–Crippen LogP) is 17.5. The fourth-order valence-electron chi connectivity index (χ4n) is 11.0. The number of hydrogen-bond donors (Lipinski definition) is 1. The standard InChI is InChI=1S/C24H23FN3O5P.C24H24N3O6P.C24H24N3O5P/c1-17(33-34(31,26-12-13-26)27-14-15-27)20-6-11-23(28(29)30)24(16-20)32-22-9-4-19(5-10-22)18-2-7-21(25)8-3-18;1-17(33-34(31,25-12-13-25)26-14-15-26)20-6-11-23(27(29)30)24(16-20)32-22-9-4-19(5-10-22)18-2-7-21(28)8-3-18;1-18(32-33(30,25-13-14-25)26-15-16-26)21-9-12-23(27(28)29)24(17-21)31-22-10-7-20(8-11-22)19-5-3-2-4-6-19/h2-11,16-17H,12-15H2,1H3;2-11,16-17,28H,12-15H2,1H3;2-12,17-18H,13-16H2,1H3/t;;18-/m..1/s1. The number of rotatable bonds is 27. The molecule has 1 N–H and O–H groups in total. The molecule has 522 valence electrons. The molecule has 0 bridgehead atoms. The van der Waals surface area contributed by atoms with Crippen LogP contribution in [0.5, 0.6) is 40.2 Å². The number of phenolic OH excluding ortho intramolecular Hbond substituents is 1. The molecule has 15 rings (SSSR count). The van der Waals surface area contributed by atoms with Gasteiger partial charge in [-0.25, -0.2) is 32.4 Å². The fourth-order valence-corrected chi connectivity index (χ4v) is 18.1. The summed E-state index contributed by atoms with van der Waals surface area (Å²) in [5, 5.41) is 44.2. The van der Waals surface area contributed by atoms with Crippen molar-refractivity contribution in [1.82, 2.24) is 28.0 Å². The van der Waals surface area contributed by atoms with Gasteiger partial charge in [-0.05, 0) is 168 Å². The van der Waals surface area contributed by atoms with Gasteiger partial charge in [-0.2, -0.15) is 0 Å². The first-order valence-electron chi connectivity index (χ1n) is 32.8. The Morgan fingerprint density at radius 1 is 0.356 bits per heavy atom. The third kappa shape index (κ3) is 17.0. The highest BCUT2D eigenvalue weighted by Crippen LogP contribution is 2.65. The van der Waals surface area contributed by atoms with Crippen LogP contribution >= 0.6 is 23.0 Å². The van der Waals surface area contributed by atoms with E-state index in [9.17, 15) is 53.5 Å². The van der Waals surface area contributed by atoms with E-state index in [4.69, 9.17) is 27.8 Å². The SMILES string of the molecule is CC(OP(=O)(N1CC1)N1CC1)c1ccc([N+](=O)[O-])c(Oc2ccc(-c3ccc(F)cc3)cc2)c1.CC(OP(=O)(N1CC1)N1CC1)c1ccc([N+](=O)[O-])c(Oc2ccc(-c3ccc(O)cc3)cc2)c1.C[C@@H](OP(=O)(N1CC1)N1CC1)c1ccc([N+](=O)[O-])c(Oc2ccc(-c3ccccc3)cc2)c1. The molecule has 6 aliphatic heterocycles. The lowest BCUT2D eigenvalue weighted by Gasteiger charge is -2.24. The van der Waals surface area contributed by atoms with Crippen molar-refractivity contribution in [2.75, 3.05) is 78.5 Å². The molecule has 0 spiro atoms. The van der Waals surface area contributed by atoms with E-state index in [2.05, 4.69) is 0 Å². The summed E-state index contributed by atoms with van der Waals surface area (Å²) in [6.07, 6.45) is -1.59. The number of nitrogens with zero attached hydrogens (tertiary/aromatic N) is 9. The summed E-state index contributed by atoms with van der Waals surface area (Å²) in [6.45, 7) is 14.3. The molecule has 0 saturated carbocycles. The summed E-state index contributed by atoms with van der Waals surface area (Å²) in [5.41, 5.74) is 7.09. The van der Waals surface area contributed by atoms with Crippen LogP contribution in [-0.2, 0) is 27.3 Å². The molecule has 6 saturated heterocycles. The Hall–Kier alpha value is -9.36. The number of benzene rings is 9. The monoisotopic (exact) mass is 1430 g/mol. The molecule has 0 amide bonds. The van der Waals surface area contributed by atoms with Crippen LogP contribution in [0, 0.1) is 36.2 Å². The molecule has 2 unspecified atom stereocenters. The molecule has 29 heteroatoms. The van der Waals surface area contributed by atoms with Crippen molar-refractivity contribution >= 4 is 40.1 Å². The topological polar surface area (TPSA) is 274 Å². The molecule has 9 aromatic rings. The number of hydrogen-bond acceptors (Lipinski definition) is 16. The minimum absolute atomic E-state index is 0.0702. The van der Waals surface area contributed by atoms with Gasteiger partial charge in [-0.15, -0.1) is 0 Å². The highest BCUT2D eigenvalue weighted by molar-refractivity contribution is 7.55. The summed E-state index contributed by atoms with van der Waals surface area (Å²) in [5.74, 6) is 1.50. The molecule has 6 fully saturated rings. The minimum Gasteiger partial charge on any atom is -0.508 e. The highest BCUT2D eigenvalue weighted by atomic mass is 31.2. The summed E-state index contributed by atoms with van der Waals surface area (Å²) >= 11 is 0. The number of ether oxygens (including phenoxy) is 3. The van der Waals surface area contributed by atoms with Gasteiger partial charge in [-0.1, -0.05) is 91.0 Å². The molecule has 6 heterocycles. The number of nitro groups is 3. The first kappa shape index (κ1) is 70.1. The van der Waals surface area contributed by atoms with Crippen molar-refractivity contribution in [3.8, 4) is 73.6 Å². The van der Waals surface area contributed by atoms with Gasteiger partial charge in [0.1, 0.15) is 28.8 Å². The second-order valence-electron chi connectivity index (χ2n) is 24.7. The minimum atomic E-state index is -3.04. The molecular weight excluding hydrogens is 1360 g/mol. The summed E-state index contributed by atoms with van der Waals surface area (Å²) in [6, 6.07) is 58.1. The average Bonchev–Trinajstić information content (AvgIpc) is 1.64. The Bertz CT molecular complexity index is 4420. The van der Waals surface area contributed by atoms with Gasteiger partial charge >= 0.3 is 40.1 Å². The zero-order valence-electron chi connectivity index (χ0n) is 55.2. The van der Waals surface area contributed by atoms with Crippen LogP contribution in [-0.4, -0.2) is 126 Å². The lowest BCUT2D eigenvalue weighted by molar-refractivity contribution is -0.385. The van der Waals surface area contributed by atoms with Crippen molar-refractivity contribution in [1.29, 1.82) is 0 Å². The van der Waals surface area contributed by atoms with Crippen molar-refractivity contribution in [3.05, 3.63) is 259 Å². The van der Waals surface area contributed by atoms with E-state index in [1.54, 1.807) is 142 Å². The Labute approximate surface area is 581 Å². The molecule has 9 aromatic carbocycles. The maximum Gasteiger partial charge on any atom is 0.346 e. The van der Waals surface area contributed by atoms with Gasteiger partial charge in [-0.3, -0.25) is 57.6 Å². The van der Waals surface area contributed by atoms with Gasteiger partial charge in [0, 0.05) is 96.7 Å². The Morgan fingerprint density at radius 3 is 0.842 bits per heavy atom. The Balaban J connectivity index is 0.000000135. The van der Waals surface area contributed by atoms with Gasteiger partial charge in [0.05, 0.1) is 33.1 Å².